The molecule has 0 spiro atoms. The third-order valence-electron chi connectivity index (χ3n) is 4.92. The molecule has 29 heavy (non-hydrogen) atoms. The maximum atomic E-state index is 12.7. The Bertz CT molecular complexity index is 963. The number of hydrogen-bond donors (Lipinski definition) is 1. The van der Waals surface area contributed by atoms with E-state index in [0.29, 0.717) is 4.90 Å². The predicted molar refractivity (Wildman–Crippen MR) is 93.5 cm³/mol. The number of nitrogens with zero attached hydrogens (tertiary/aromatic N) is 1. The van der Waals surface area contributed by atoms with Crippen molar-refractivity contribution in [3.8, 4) is 0 Å². The van der Waals surface area contributed by atoms with E-state index in [1.807, 2.05) is 0 Å². The summed E-state index contributed by atoms with van der Waals surface area (Å²) in [4.78, 5) is 86.5. The fourth-order valence-electron chi connectivity index (χ4n) is 3.61. The summed E-state index contributed by atoms with van der Waals surface area (Å²) in [5.74, 6) is -6.27. The summed E-state index contributed by atoms with van der Waals surface area (Å²) in [6.07, 6.45) is -1.45. The Balaban J connectivity index is 2.01. The number of β-lactam (4-membered cyclic amide) rings is 1. The van der Waals surface area contributed by atoms with E-state index in [-0.39, 0.29) is 11.1 Å². The number of Topliss-reactive ketones (excluding diaryl/α,β-unsaturated/α-hetero) is 3. The molecule has 0 saturated carbocycles. The molecular formula is C19H16N2O8. The average molecular weight is 400 g/mol. The van der Waals surface area contributed by atoms with Gasteiger partial charge in [0.1, 0.15) is 23.8 Å². The number of methoxy groups -OCH3 is 1. The van der Waals surface area contributed by atoms with E-state index in [2.05, 4.69) is 10.1 Å². The molecule has 2 aliphatic rings. The summed E-state index contributed by atoms with van der Waals surface area (Å²) < 4.78 is 4.40. The topological polar surface area (TPSA) is 144 Å². The number of carbonyl (C=O) groups excluding carboxylic acids is 7. The van der Waals surface area contributed by atoms with Crippen molar-refractivity contribution in [2.75, 3.05) is 7.11 Å². The molecule has 2 aliphatic heterocycles. The molecular weight excluding hydrogens is 384 g/mol. The lowest BCUT2D eigenvalue weighted by atomic mass is 9.72. The van der Waals surface area contributed by atoms with Crippen molar-refractivity contribution in [1.29, 1.82) is 0 Å². The quantitative estimate of drug-likeness (QED) is 0.206. The van der Waals surface area contributed by atoms with E-state index in [0.717, 1.165) is 14.0 Å². The number of hydrogen-bond acceptors (Lipinski definition) is 8. The van der Waals surface area contributed by atoms with Crippen molar-refractivity contribution in [3.05, 3.63) is 35.4 Å². The number of fused-ring (bicyclic) bond motifs is 1. The van der Waals surface area contributed by atoms with Gasteiger partial charge in [0.25, 0.3) is 11.8 Å². The van der Waals surface area contributed by atoms with Crippen LogP contribution in [0.15, 0.2) is 24.3 Å². The molecule has 150 valence electrons. The number of ketones is 3. The number of carbonyl (C=O) groups is 7. The number of nitrogens with one attached hydrogen (secondary N) is 1. The molecule has 10 heteroatoms. The molecule has 0 aliphatic carbocycles. The Morgan fingerprint density at radius 1 is 1.07 bits per heavy atom. The summed E-state index contributed by atoms with van der Waals surface area (Å²) in [6.45, 7) is 0.943. The van der Waals surface area contributed by atoms with Crippen molar-refractivity contribution in [2.24, 2.45) is 0 Å². The van der Waals surface area contributed by atoms with Gasteiger partial charge < -0.3 is 10.1 Å². The molecule has 0 aromatic heterocycles. The number of amides is 3. The number of imide groups is 1. The summed E-state index contributed by atoms with van der Waals surface area (Å²) >= 11 is 0. The fraction of sp³-hybridized carbons (Fsp3) is 0.316. The molecule has 2 heterocycles. The molecule has 1 aromatic carbocycles. The van der Waals surface area contributed by atoms with E-state index in [9.17, 15) is 33.6 Å². The van der Waals surface area contributed by atoms with Crippen molar-refractivity contribution in [1.82, 2.24) is 10.2 Å². The lowest BCUT2D eigenvalue weighted by molar-refractivity contribution is -0.156. The molecule has 10 nitrogen and oxygen atoms in total. The van der Waals surface area contributed by atoms with Crippen molar-refractivity contribution in [3.63, 3.8) is 0 Å². The van der Waals surface area contributed by atoms with Gasteiger partial charge in [0.2, 0.25) is 11.7 Å². The standard InChI is InChI=1S/C19H16N2O8/c1-9(22)15(25)19(8-10(23)7-13(24)29-2)14(16(26)20-19)21-17(27)11-5-3-4-6-12(11)18(21)28/h3-6,14H,7-8H2,1-2H3,(H,20,26)/t14-,19+/m0/s1. The minimum Gasteiger partial charge on any atom is -0.469 e. The normalized spacial score (nSPS) is 22.5. The van der Waals surface area contributed by atoms with Crippen molar-refractivity contribution >= 4 is 41.0 Å². The largest absolute Gasteiger partial charge is 0.469 e. The molecule has 0 bridgehead atoms. The van der Waals surface area contributed by atoms with Crippen LogP contribution >= 0.6 is 0 Å². The second-order valence-electron chi connectivity index (χ2n) is 6.74. The van der Waals surface area contributed by atoms with Crippen LogP contribution in [0.3, 0.4) is 0 Å². The van der Waals surface area contributed by atoms with Crippen LogP contribution in [-0.4, -0.2) is 64.6 Å². The van der Waals surface area contributed by atoms with E-state index >= 15 is 0 Å². The molecule has 2 atom stereocenters. The average Bonchev–Trinajstić information content (AvgIpc) is 2.91. The Hall–Kier alpha value is -3.69. The lowest BCUT2D eigenvalue weighted by Gasteiger charge is -2.49. The van der Waals surface area contributed by atoms with Gasteiger partial charge in [-0.25, -0.2) is 0 Å². The summed E-state index contributed by atoms with van der Waals surface area (Å²) in [5, 5.41) is 2.23. The SMILES string of the molecule is COC(=O)CC(=O)C[C@@]1(C(=O)C(C)=O)NC(=O)[C@@H]1N1C(=O)c2ccccc2C1=O. The van der Waals surface area contributed by atoms with Crippen LogP contribution in [0.4, 0.5) is 0 Å². The molecule has 3 amide bonds. The molecule has 1 saturated heterocycles. The maximum Gasteiger partial charge on any atom is 0.313 e. The smallest absolute Gasteiger partial charge is 0.313 e. The molecule has 1 fully saturated rings. The summed E-state index contributed by atoms with van der Waals surface area (Å²) in [5.41, 5.74) is -2.04. The first kappa shape index (κ1) is 20.1. The highest BCUT2D eigenvalue weighted by Gasteiger charge is 2.65. The highest BCUT2D eigenvalue weighted by atomic mass is 16.5. The fourth-order valence-corrected chi connectivity index (χ4v) is 3.61. The van der Waals surface area contributed by atoms with Crippen LogP contribution in [0.25, 0.3) is 0 Å². The van der Waals surface area contributed by atoms with Gasteiger partial charge in [-0.3, -0.25) is 38.5 Å². The third kappa shape index (κ3) is 3.02. The van der Waals surface area contributed by atoms with Gasteiger partial charge in [-0.2, -0.15) is 0 Å². The number of rotatable bonds is 7. The zero-order valence-electron chi connectivity index (χ0n) is 15.5. The van der Waals surface area contributed by atoms with Gasteiger partial charge in [-0.1, -0.05) is 12.1 Å². The second kappa shape index (κ2) is 7.04. The molecule has 0 radical (unpaired) electrons. The minimum atomic E-state index is -2.12. The first-order chi connectivity index (χ1) is 13.6. The molecule has 3 rings (SSSR count). The first-order valence-corrected chi connectivity index (χ1v) is 8.57. The predicted octanol–water partition coefficient (Wildman–Crippen LogP) is -0.800. The van der Waals surface area contributed by atoms with E-state index in [4.69, 9.17) is 0 Å². The van der Waals surface area contributed by atoms with Gasteiger partial charge in [-0.15, -0.1) is 0 Å². The lowest BCUT2D eigenvalue weighted by Crippen LogP contribution is -2.82. The number of esters is 1. The van der Waals surface area contributed by atoms with Crippen LogP contribution < -0.4 is 5.32 Å². The molecule has 0 unspecified atom stereocenters. The van der Waals surface area contributed by atoms with Gasteiger partial charge in [0, 0.05) is 13.3 Å². The van der Waals surface area contributed by atoms with Crippen molar-refractivity contribution < 1.29 is 38.3 Å². The Morgan fingerprint density at radius 3 is 2.07 bits per heavy atom. The van der Waals surface area contributed by atoms with E-state index < -0.39 is 65.5 Å². The van der Waals surface area contributed by atoms with Gasteiger partial charge in [-0.05, 0) is 12.1 Å². The zero-order chi connectivity index (χ0) is 21.5. The van der Waals surface area contributed by atoms with Crippen LogP contribution in [0.1, 0.15) is 40.5 Å². The van der Waals surface area contributed by atoms with Crippen LogP contribution in [0, 0.1) is 0 Å². The Kier molecular flexibility index (Phi) is 4.87. The summed E-state index contributed by atoms with van der Waals surface area (Å²) in [6, 6.07) is 4.16. The minimum absolute atomic E-state index is 0.0438. The van der Waals surface area contributed by atoms with Crippen molar-refractivity contribution in [2.45, 2.75) is 31.3 Å². The monoisotopic (exact) mass is 400 g/mol. The number of benzene rings is 1. The highest BCUT2D eigenvalue weighted by Crippen LogP contribution is 2.36. The summed E-state index contributed by atoms with van der Waals surface area (Å²) in [7, 11) is 1.07. The maximum absolute atomic E-state index is 12.7. The highest BCUT2D eigenvalue weighted by molar-refractivity contribution is 6.43. The van der Waals surface area contributed by atoms with Gasteiger partial charge in [0.05, 0.1) is 18.2 Å². The van der Waals surface area contributed by atoms with E-state index in [1.54, 1.807) is 0 Å². The number of ether oxygens (including phenoxy) is 1. The Labute approximate surface area is 164 Å². The van der Waals surface area contributed by atoms with Gasteiger partial charge >= 0.3 is 5.97 Å². The van der Waals surface area contributed by atoms with Crippen LogP contribution in [-0.2, 0) is 28.7 Å². The third-order valence-corrected chi connectivity index (χ3v) is 4.92. The van der Waals surface area contributed by atoms with E-state index in [1.165, 1.54) is 24.3 Å². The molecule has 1 N–H and O–H groups in total. The van der Waals surface area contributed by atoms with Gasteiger partial charge in [0.15, 0.2) is 5.78 Å². The van der Waals surface area contributed by atoms with Crippen LogP contribution in [0.5, 0.6) is 0 Å². The van der Waals surface area contributed by atoms with Crippen LogP contribution in [0.2, 0.25) is 0 Å². The zero-order valence-corrected chi connectivity index (χ0v) is 15.5. The Morgan fingerprint density at radius 2 is 1.62 bits per heavy atom. The second-order valence-corrected chi connectivity index (χ2v) is 6.74. The molecule has 1 aromatic rings. The first-order valence-electron chi connectivity index (χ1n) is 8.57.